The molecule has 0 spiro atoms. The Labute approximate surface area is 164 Å². The van der Waals surface area contributed by atoms with Gasteiger partial charge in [-0.1, -0.05) is 12.1 Å². The number of aromatic nitrogens is 2. The molecule has 0 aliphatic carbocycles. The summed E-state index contributed by atoms with van der Waals surface area (Å²) in [6.07, 6.45) is 4.69. The summed E-state index contributed by atoms with van der Waals surface area (Å²) in [4.78, 5) is 4.37. The van der Waals surface area contributed by atoms with Gasteiger partial charge in [-0.05, 0) is 36.8 Å². The molecule has 0 saturated heterocycles. The Morgan fingerprint density at radius 2 is 2.07 bits per heavy atom. The number of nitrogens with zero attached hydrogens (tertiary/aromatic N) is 3. The Morgan fingerprint density at radius 1 is 1.32 bits per heavy atom. The van der Waals surface area contributed by atoms with E-state index in [2.05, 4.69) is 4.98 Å². The van der Waals surface area contributed by atoms with Gasteiger partial charge in [-0.15, -0.1) is 0 Å². The van der Waals surface area contributed by atoms with Crippen molar-refractivity contribution in [3.05, 3.63) is 60.3 Å². The number of hydrogen-bond acceptors (Lipinski definition) is 4. The second-order valence-corrected chi connectivity index (χ2v) is 8.79. The molecule has 0 unspecified atom stereocenters. The van der Waals surface area contributed by atoms with Gasteiger partial charge in [-0.3, -0.25) is 4.98 Å². The van der Waals surface area contributed by atoms with Crippen LogP contribution in [0.2, 0.25) is 0 Å². The summed E-state index contributed by atoms with van der Waals surface area (Å²) < 4.78 is 42.2. The first-order chi connectivity index (χ1) is 13.3. The van der Waals surface area contributed by atoms with Crippen LogP contribution in [0.25, 0.3) is 22.0 Å². The molecule has 8 heteroatoms. The molecule has 28 heavy (non-hydrogen) atoms. The van der Waals surface area contributed by atoms with Crippen molar-refractivity contribution in [2.24, 2.45) is 5.73 Å². The van der Waals surface area contributed by atoms with Gasteiger partial charge in [0.15, 0.2) is 0 Å². The molecule has 2 N–H and O–H groups in total. The van der Waals surface area contributed by atoms with Crippen molar-refractivity contribution in [1.29, 1.82) is 0 Å². The Kier molecular flexibility index (Phi) is 5.64. The van der Waals surface area contributed by atoms with Crippen LogP contribution in [0.4, 0.5) is 4.39 Å². The van der Waals surface area contributed by atoms with Gasteiger partial charge in [0.2, 0.25) is 10.0 Å². The average molecular weight is 402 g/mol. The number of rotatable bonds is 6. The molecule has 0 amide bonds. The fourth-order valence-electron chi connectivity index (χ4n) is 3.26. The summed E-state index contributed by atoms with van der Waals surface area (Å²) in [5.41, 5.74) is 8.61. The maximum atomic E-state index is 14.2. The van der Waals surface area contributed by atoms with Crippen LogP contribution in [-0.4, -0.2) is 42.9 Å². The number of fused-ring (bicyclic) bond motifs is 1. The molecular weight excluding hydrogens is 379 g/mol. The fourth-order valence-corrected chi connectivity index (χ4v) is 4.21. The highest BCUT2D eigenvalue weighted by atomic mass is 32.2. The Balaban J connectivity index is 2.23. The Morgan fingerprint density at radius 3 is 2.75 bits per heavy atom. The molecule has 0 aliphatic rings. The van der Waals surface area contributed by atoms with Crippen molar-refractivity contribution in [2.45, 2.75) is 18.4 Å². The highest BCUT2D eigenvalue weighted by molar-refractivity contribution is 7.89. The molecule has 0 fully saturated rings. The minimum absolute atomic E-state index is 0.0426. The second kappa shape index (κ2) is 7.83. The monoisotopic (exact) mass is 402 g/mol. The Hall–Kier alpha value is -2.55. The summed E-state index contributed by atoms with van der Waals surface area (Å²) in [5, 5.41) is 0.882. The van der Waals surface area contributed by atoms with Crippen molar-refractivity contribution < 1.29 is 12.8 Å². The summed E-state index contributed by atoms with van der Waals surface area (Å²) >= 11 is 0. The zero-order chi connectivity index (χ0) is 20.5. The van der Waals surface area contributed by atoms with Gasteiger partial charge in [0.1, 0.15) is 5.83 Å². The van der Waals surface area contributed by atoms with Gasteiger partial charge < -0.3 is 10.3 Å². The molecular formula is C20H23FN4O2S. The lowest BCUT2D eigenvalue weighted by Crippen LogP contribution is -2.22. The summed E-state index contributed by atoms with van der Waals surface area (Å²) in [6.45, 7) is 2.05. The largest absolute Gasteiger partial charge is 0.336 e. The normalized spacial score (nSPS) is 12.9. The molecule has 6 nitrogen and oxygen atoms in total. The van der Waals surface area contributed by atoms with Gasteiger partial charge in [-0.2, -0.15) is 0 Å². The van der Waals surface area contributed by atoms with E-state index >= 15 is 0 Å². The molecule has 0 radical (unpaired) electrons. The van der Waals surface area contributed by atoms with E-state index in [1.165, 1.54) is 24.5 Å². The van der Waals surface area contributed by atoms with Crippen LogP contribution < -0.4 is 5.73 Å². The van der Waals surface area contributed by atoms with E-state index in [1.807, 2.05) is 23.6 Å². The number of benzene rings is 1. The van der Waals surface area contributed by atoms with Gasteiger partial charge in [0.25, 0.3) is 0 Å². The molecule has 1 aromatic carbocycles. The highest BCUT2D eigenvalue weighted by Gasteiger charge is 2.21. The SMILES string of the molecule is Cc1c(-c2cccc(S(=O)(=O)N(C)C)c2)c2ccncc2n1CC(F)=CCN. The standard InChI is InChI=1S/C20H23FN4O2S/c1-14-20(15-5-4-6-17(11-15)28(26,27)24(2)3)18-8-10-23-12-19(18)25(14)13-16(21)7-9-22/h4-8,10-12H,9,13,22H2,1-3H3. The van der Waals surface area contributed by atoms with Gasteiger partial charge in [-0.25, -0.2) is 17.1 Å². The Bertz CT molecular complexity index is 1150. The zero-order valence-electron chi connectivity index (χ0n) is 16.1. The van der Waals surface area contributed by atoms with Crippen LogP contribution >= 0.6 is 0 Å². The molecule has 3 aromatic rings. The average Bonchev–Trinajstić information content (AvgIpc) is 2.94. The summed E-state index contributed by atoms with van der Waals surface area (Å²) in [7, 11) is -0.567. The van der Waals surface area contributed by atoms with Crippen LogP contribution in [0.1, 0.15) is 5.69 Å². The van der Waals surface area contributed by atoms with E-state index < -0.39 is 10.0 Å². The molecule has 0 saturated carbocycles. The van der Waals surface area contributed by atoms with E-state index in [4.69, 9.17) is 5.73 Å². The molecule has 2 aromatic heterocycles. The lowest BCUT2D eigenvalue weighted by Gasteiger charge is -2.13. The first-order valence-electron chi connectivity index (χ1n) is 8.77. The maximum Gasteiger partial charge on any atom is 0.242 e. The van der Waals surface area contributed by atoms with Crippen molar-refractivity contribution in [3.8, 4) is 11.1 Å². The van der Waals surface area contributed by atoms with Crippen molar-refractivity contribution in [1.82, 2.24) is 13.9 Å². The van der Waals surface area contributed by atoms with Crippen molar-refractivity contribution >= 4 is 20.9 Å². The topological polar surface area (TPSA) is 81.2 Å². The van der Waals surface area contributed by atoms with E-state index in [1.54, 1.807) is 30.6 Å². The predicted molar refractivity (Wildman–Crippen MR) is 109 cm³/mol. The molecule has 0 aliphatic heterocycles. The first-order valence-corrected chi connectivity index (χ1v) is 10.2. The minimum Gasteiger partial charge on any atom is -0.336 e. The third-order valence-corrected chi connectivity index (χ3v) is 6.49. The maximum absolute atomic E-state index is 14.2. The first kappa shape index (κ1) is 20.2. The van der Waals surface area contributed by atoms with E-state index in [-0.39, 0.29) is 23.8 Å². The van der Waals surface area contributed by atoms with Crippen LogP contribution in [0.15, 0.2) is 59.5 Å². The lowest BCUT2D eigenvalue weighted by atomic mass is 10.0. The number of pyridine rings is 1. The van der Waals surface area contributed by atoms with Gasteiger partial charge in [0.05, 0.1) is 23.2 Å². The fraction of sp³-hybridized carbons (Fsp3) is 0.250. The van der Waals surface area contributed by atoms with Crippen molar-refractivity contribution in [3.63, 3.8) is 0 Å². The smallest absolute Gasteiger partial charge is 0.242 e. The van der Waals surface area contributed by atoms with Crippen LogP contribution in [0, 0.1) is 6.92 Å². The zero-order valence-corrected chi connectivity index (χ0v) is 16.9. The van der Waals surface area contributed by atoms with Crippen LogP contribution in [0.5, 0.6) is 0 Å². The lowest BCUT2D eigenvalue weighted by molar-refractivity contribution is 0.521. The van der Waals surface area contributed by atoms with E-state index in [0.717, 1.165) is 27.7 Å². The summed E-state index contributed by atoms with van der Waals surface area (Å²) in [6, 6.07) is 8.64. The van der Waals surface area contributed by atoms with Crippen LogP contribution in [0.3, 0.4) is 0 Å². The minimum atomic E-state index is -3.56. The third kappa shape index (κ3) is 3.58. The highest BCUT2D eigenvalue weighted by Crippen LogP contribution is 2.35. The molecule has 0 bridgehead atoms. The summed E-state index contributed by atoms with van der Waals surface area (Å²) in [5.74, 6) is -0.332. The molecule has 0 atom stereocenters. The van der Waals surface area contributed by atoms with Crippen molar-refractivity contribution in [2.75, 3.05) is 20.6 Å². The second-order valence-electron chi connectivity index (χ2n) is 6.64. The number of nitrogens with two attached hydrogens (primary N) is 1. The number of sulfonamides is 1. The molecule has 2 heterocycles. The number of allylic oxidation sites excluding steroid dienone is 1. The third-order valence-electron chi connectivity index (χ3n) is 4.68. The molecule has 148 valence electrons. The van der Waals surface area contributed by atoms with Gasteiger partial charge >= 0.3 is 0 Å². The number of halogens is 1. The van der Waals surface area contributed by atoms with E-state index in [9.17, 15) is 12.8 Å². The molecule has 3 rings (SSSR count). The van der Waals surface area contributed by atoms with Crippen LogP contribution in [-0.2, 0) is 16.6 Å². The van der Waals surface area contributed by atoms with E-state index in [0.29, 0.717) is 0 Å². The van der Waals surface area contributed by atoms with Gasteiger partial charge in [0, 0.05) is 43.5 Å². The number of hydrogen-bond donors (Lipinski definition) is 1. The quantitative estimate of drug-likeness (QED) is 0.687. The predicted octanol–water partition coefficient (Wildman–Crippen LogP) is 3.07.